The first kappa shape index (κ1) is 20.2. The molecule has 2 aliphatic heterocycles. The molecule has 3 heterocycles. The summed E-state index contributed by atoms with van der Waals surface area (Å²) in [6.07, 6.45) is 5.68. The lowest BCUT2D eigenvalue weighted by Gasteiger charge is -2.31. The van der Waals surface area contributed by atoms with E-state index in [2.05, 4.69) is 5.32 Å². The van der Waals surface area contributed by atoms with E-state index in [9.17, 15) is 9.59 Å². The van der Waals surface area contributed by atoms with Gasteiger partial charge in [0.2, 0.25) is 18.6 Å². The lowest BCUT2D eigenvalue weighted by molar-refractivity contribution is -0.133. The summed E-state index contributed by atoms with van der Waals surface area (Å²) in [5.41, 5.74) is 2.76. The first-order valence-corrected chi connectivity index (χ1v) is 10.9. The van der Waals surface area contributed by atoms with E-state index in [0.717, 1.165) is 11.3 Å². The van der Waals surface area contributed by atoms with Crippen LogP contribution in [0.1, 0.15) is 18.4 Å². The molecule has 5 rings (SSSR count). The second kappa shape index (κ2) is 8.78. The first-order chi connectivity index (χ1) is 15.7. The van der Waals surface area contributed by atoms with Crippen molar-refractivity contribution >= 4 is 17.5 Å². The molecule has 2 amide bonds. The number of hydrogen-bond acceptors (Lipinski definition) is 4. The Bertz CT molecular complexity index is 1100. The largest absolute Gasteiger partial charge is 0.454 e. The van der Waals surface area contributed by atoms with Crippen molar-refractivity contribution in [3.63, 3.8) is 0 Å². The van der Waals surface area contributed by atoms with E-state index in [1.54, 1.807) is 12.1 Å². The summed E-state index contributed by atoms with van der Waals surface area (Å²) in [4.78, 5) is 27.3. The Morgan fingerprint density at radius 1 is 0.938 bits per heavy atom. The number of fused-ring (bicyclic) bond motifs is 1. The molecule has 0 bridgehead atoms. The first-order valence-electron chi connectivity index (χ1n) is 10.9. The molecule has 7 nitrogen and oxygen atoms in total. The number of rotatable bonds is 5. The van der Waals surface area contributed by atoms with E-state index >= 15 is 0 Å². The smallest absolute Gasteiger partial charge is 0.231 e. The molecule has 1 saturated heterocycles. The van der Waals surface area contributed by atoms with Gasteiger partial charge in [-0.25, -0.2) is 0 Å². The Morgan fingerprint density at radius 3 is 2.41 bits per heavy atom. The van der Waals surface area contributed by atoms with Crippen LogP contribution in [-0.4, -0.2) is 41.2 Å². The highest BCUT2D eigenvalue weighted by atomic mass is 16.7. The van der Waals surface area contributed by atoms with Gasteiger partial charge in [0.25, 0.3) is 0 Å². The summed E-state index contributed by atoms with van der Waals surface area (Å²) in [6, 6.07) is 17.4. The number of piperidine rings is 1. The third kappa shape index (κ3) is 4.32. The molecule has 0 radical (unpaired) electrons. The molecule has 1 N–H and O–H groups in total. The average Bonchev–Trinajstić information content (AvgIpc) is 3.52. The van der Waals surface area contributed by atoms with Gasteiger partial charge in [-0.1, -0.05) is 12.1 Å². The van der Waals surface area contributed by atoms with Crippen LogP contribution in [0.5, 0.6) is 11.5 Å². The summed E-state index contributed by atoms with van der Waals surface area (Å²) < 4.78 is 12.7. The van der Waals surface area contributed by atoms with E-state index in [1.807, 2.05) is 64.3 Å². The zero-order chi connectivity index (χ0) is 21.9. The normalized spacial score (nSPS) is 15.6. The number of hydrogen-bond donors (Lipinski definition) is 1. The van der Waals surface area contributed by atoms with Crippen molar-refractivity contribution in [1.29, 1.82) is 0 Å². The number of carbonyl (C=O) groups is 2. The van der Waals surface area contributed by atoms with Gasteiger partial charge in [-0.05, 0) is 54.8 Å². The molecule has 1 aromatic heterocycles. The van der Waals surface area contributed by atoms with Gasteiger partial charge in [-0.15, -0.1) is 0 Å². The minimum absolute atomic E-state index is 0.0171. The quantitative estimate of drug-likeness (QED) is 0.670. The van der Waals surface area contributed by atoms with Crippen LogP contribution >= 0.6 is 0 Å². The van der Waals surface area contributed by atoms with E-state index in [-0.39, 0.29) is 24.5 Å². The summed E-state index contributed by atoms with van der Waals surface area (Å²) in [7, 11) is 0. The van der Waals surface area contributed by atoms with E-state index < -0.39 is 0 Å². The van der Waals surface area contributed by atoms with Crippen LogP contribution in [-0.2, 0) is 16.0 Å². The molecule has 0 saturated carbocycles. The Balaban J connectivity index is 1.11. The van der Waals surface area contributed by atoms with Crippen LogP contribution in [0.3, 0.4) is 0 Å². The molecule has 1 fully saturated rings. The molecule has 2 aliphatic rings. The van der Waals surface area contributed by atoms with Gasteiger partial charge in [-0.3, -0.25) is 9.59 Å². The van der Waals surface area contributed by atoms with Crippen molar-refractivity contribution in [1.82, 2.24) is 9.47 Å². The van der Waals surface area contributed by atoms with E-state index in [1.165, 1.54) is 0 Å². The van der Waals surface area contributed by atoms with Crippen molar-refractivity contribution in [3.05, 3.63) is 72.6 Å². The number of amides is 2. The van der Waals surface area contributed by atoms with Gasteiger partial charge in [0.05, 0.1) is 6.42 Å². The lowest BCUT2D eigenvalue weighted by Crippen LogP contribution is -2.42. The number of anilines is 1. The van der Waals surface area contributed by atoms with Crippen molar-refractivity contribution < 1.29 is 19.1 Å². The molecule has 0 unspecified atom stereocenters. The average molecular weight is 431 g/mol. The second-order valence-electron chi connectivity index (χ2n) is 8.15. The minimum Gasteiger partial charge on any atom is -0.454 e. The minimum atomic E-state index is -0.106. The third-order valence-electron chi connectivity index (χ3n) is 6.05. The highest BCUT2D eigenvalue weighted by molar-refractivity contribution is 5.93. The van der Waals surface area contributed by atoms with Crippen molar-refractivity contribution in [2.24, 2.45) is 5.92 Å². The highest BCUT2D eigenvalue weighted by Gasteiger charge is 2.27. The van der Waals surface area contributed by atoms with Crippen molar-refractivity contribution in [3.8, 4) is 17.2 Å². The summed E-state index contributed by atoms with van der Waals surface area (Å²) in [6.45, 7) is 1.40. The van der Waals surface area contributed by atoms with Crippen molar-refractivity contribution in [2.75, 3.05) is 25.2 Å². The number of nitrogens with zero attached hydrogens (tertiary/aromatic N) is 2. The van der Waals surface area contributed by atoms with Crippen LogP contribution in [0.25, 0.3) is 5.69 Å². The molecule has 32 heavy (non-hydrogen) atoms. The third-order valence-corrected chi connectivity index (χ3v) is 6.05. The van der Waals surface area contributed by atoms with Crippen LogP contribution in [0.4, 0.5) is 5.69 Å². The molecule has 7 heteroatoms. The summed E-state index contributed by atoms with van der Waals surface area (Å²) in [5.74, 6) is 1.31. The maximum atomic E-state index is 12.8. The van der Waals surface area contributed by atoms with Crippen molar-refractivity contribution in [2.45, 2.75) is 19.3 Å². The molecule has 0 aliphatic carbocycles. The Kier molecular flexibility index (Phi) is 5.54. The molecule has 164 valence electrons. The van der Waals surface area contributed by atoms with Crippen LogP contribution in [0.2, 0.25) is 0 Å². The summed E-state index contributed by atoms with van der Waals surface area (Å²) in [5, 5.41) is 2.96. The van der Waals surface area contributed by atoms with Crippen LogP contribution < -0.4 is 14.8 Å². The van der Waals surface area contributed by atoms with E-state index in [4.69, 9.17) is 9.47 Å². The Labute approximate surface area is 186 Å². The number of carbonyl (C=O) groups excluding carboxylic acids is 2. The SMILES string of the molecule is O=C(Nc1ccc2c(c1)OCO2)C1CCN(C(=O)Cc2ccc(-n3cccc3)cc2)CC1. The van der Waals surface area contributed by atoms with Gasteiger partial charge in [0.1, 0.15) is 0 Å². The molecule has 0 atom stereocenters. The van der Waals surface area contributed by atoms with Crippen LogP contribution in [0, 0.1) is 5.92 Å². The zero-order valence-corrected chi connectivity index (χ0v) is 17.7. The fourth-order valence-corrected chi connectivity index (χ4v) is 4.19. The van der Waals surface area contributed by atoms with Gasteiger partial charge >= 0.3 is 0 Å². The fourth-order valence-electron chi connectivity index (χ4n) is 4.19. The zero-order valence-electron chi connectivity index (χ0n) is 17.7. The van der Waals surface area contributed by atoms with Crippen LogP contribution in [0.15, 0.2) is 67.0 Å². The Hall–Kier alpha value is -3.74. The topological polar surface area (TPSA) is 72.8 Å². The fraction of sp³-hybridized carbons (Fsp3) is 0.280. The molecule has 3 aromatic rings. The predicted molar refractivity (Wildman–Crippen MR) is 120 cm³/mol. The lowest BCUT2D eigenvalue weighted by atomic mass is 9.95. The summed E-state index contributed by atoms with van der Waals surface area (Å²) >= 11 is 0. The standard InChI is InChI=1S/C25H25N3O4/c29-24(15-18-3-6-21(7-4-18)27-11-1-2-12-27)28-13-9-19(10-14-28)25(30)26-20-5-8-22-23(16-20)32-17-31-22/h1-8,11-12,16,19H,9-10,13-15,17H2,(H,26,30). The monoisotopic (exact) mass is 431 g/mol. The molecule has 2 aromatic carbocycles. The maximum Gasteiger partial charge on any atom is 0.231 e. The number of likely N-dealkylation sites (tertiary alicyclic amines) is 1. The Morgan fingerprint density at radius 2 is 1.66 bits per heavy atom. The van der Waals surface area contributed by atoms with Gasteiger partial charge in [-0.2, -0.15) is 0 Å². The number of benzene rings is 2. The highest BCUT2D eigenvalue weighted by Crippen LogP contribution is 2.34. The molecular weight excluding hydrogens is 406 g/mol. The second-order valence-corrected chi connectivity index (χ2v) is 8.15. The maximum absolute atomic E-state index is 12.8. The molecular formula is C25H25N3O4. The number of ether oxygens (including phenoxy) is 2. The number of nitrogens with one attached hydrogen (secondary N) is 1. The number of aromatic nitrogens is 1. The van der Waals surface area contributed by atoms with Gasteiger partial charge < -0.3 is 24.3 Å². The molecule has 0 spiro atoms. The van der Waals surface area contributed by atoms with Gasteiger partial charge in [0.15, 0.2) is 11.5 Å². The predicted octanol–water partition coefficient (Wildman–Crippen LogP) is 3.63. The van der Waals surface area contributed by atoms with Gasteiger partial charge in [0, 0.05) is 48.8 Å². The van der Waals surface area contributed by atoms with E-state index in [0.29, 0.717) is 49.5 Å².